The molecule has 3 rings (SSSR count). The van der Waals surface area contributed by atoms with Gasteiger partial charge in [-0.25, -0.2) is 4.79 Å². The minimum absolute atomic E-state index is 0.0177. The number of alkyl halides is 2. The number of hydrogen-bond acceptors (Lipinski definition) is 6. The maximum Gasteiger partial charge on any atom is 0.387 e. The number of anilines is 1. The van der Waals surface area contributed by atoms with Gasteiger partial charge in [0, 0.05) is 11.8 Å². The Morgan fingerprint density at radius 2 is 1.89 bits per heavy atom. The molecule has 0 aromatic heterocycles. The maximum absolute atomic E-state index is 12.3. The van der Waals surface area contributed by atoms with Gasteiger partial charge in [-0.2, -0.15) is 8.78 Å². The normalized spacial score (nSPS) is 13.2. The summed E-state index contributed by atoms with van der Waals surface area (Å²) in [7, 11) is 0. The number of carbonyl (C=O) groups excluding carboxylic acids is 2. The average molecular weight is 379 g/mol. The quantitative estimate of drug-likeness (QED) is 0.776. The van der Waals surface area contributed by atoms with E-state index < -0.39 is 24.6 Å². The van der Waals surface area contributed by atoms with Crippen molar-refractivity contribution in [3.63, 3.8) is 0 Å². The van der Waals surface area contributed by atoms with Crippen molar-refractivity contribution in [1.29, 1.82) is 0 Å². The Kier molecular flexibility index (Phi) is 5.39. The third kappa shape index (κ3) is 4.63. The van der Waals surface area contributed by atoms with E-state index in [0.29, 0.717) is 17.2 Å². The number of rotatable bonds is 6. The van der Waals surface area contributed by atoms with Crippen LogP contribution in [-0.4, -0.2) is 31.4 Å². The van der Waals surface area contributed by atoms with Crippen molar-refractivity contribution in [2.24, 2.45) is 0 Å². The molecular weight excluding hydrogens is 364 g/mol. The van der Waals surface area contributed by atoms with Crippen molar-refractivity contribution in [2.75, 3.05) is 12.1 Å². The Morgan fingerprint density at radius 1 is 1.11 bits per heavy atom. The number of amides is 1. The number of esters is 1. The van der Waals surface area contributed by atoms with Crippen LogP contribution in [0.25, 0.3) is 0 Å². The number of benzene rings is 2. The van der Waals surface area contributed by atoms with E-state index in [1.807, 2.05) is 0 Å². The Labute approximate surface area is 152 Å². The van der Waals surface area contributed by atoms with E-state index in [0.717, 1.165) is 6.07 Å². The second-order valence-electron chi connectivity index (χ2n) is 5.51. The molecule has 1 atom stereocenters. The third-order valence-electron chi connectivity index (χ3n) is 3.59. The van der Waals surface area contributed by atoms with Crippen molar-refractivity contribution in [3.05, 3.63) is 48.0 Å². The molecule has 7 nitrogen and oxygen atoms in total. The summed E-state index contributed by atoms with van der Waals surface area (Å²) in [6.07, 6.45) is -1.12. The van der Waals surface area contributed by atoms with E-state index in [-0.39, 0.29) is 18.1 Å². The van der Waals surface area contributed by atoms with E-state index in [1.165, 1.54) is 25.1 Å². The highest BCUT2D eigenvalue weighted by Gasteiger charge is 2.21. The monoisotopic (exact) mass is 379 g/mol. The van der Waals surface area contributed by atoms with E-state index in [4.69, 9.17) is 14.2 Å². The van der Waals surface area contributed by atoms with Gasteiger partial charge >= 0.3 is 12.6 Å². The first kappa shape index (κ1) is 18.4. The second-order valence-corrected chi connectivity index (χ2v) is 5.51. The highest BCUT2D eigenvalue weighted by molar-refractivity contribution is 5.97. The fourth-order valence-corrected chi connectivity index (χ4v) is 2.30. The van der Waals surface area contributed by atoms with Gasteiger partial charge < -0.3 is 24.3 Å². The van der Waals surface area contributed by atoms with Gasteiger partial charge in [-0.1, -0.05) is 6.07 Å². The molecule has 0 aliphatic carbocycles. The second kappa shape index (κ2) is 7.90. The summed E-state index contributed by atoms with van der Waals surface area (Å²) < 4.78 is 44.2. The topological polar surface area (TPSA) is 83.1 Å². The highest BCUT2D eigenvalue weighted by Crippen LogP contribution is 2.34. The van der Waals surface area contributed by atoms with Crippen LogP contribution in [0.5, 0.6) is 17.2 Å². The molecule has 2 aromatic rings. The van der Waals surface area contributed by atoms with Crippen molar-refractivity contribution in [1.82, 2.24) is 0 Å². The number of carbonyl (C=O) groups is 2. The molecular formula is C18H15F2NO6. The molecule has 0 spiro atoms. The van der Waals surface area contributed by atoms with Crippen LogP contribution >= 0.6 is 0 Å². The van der Waals surface area contributed by atoms with E-state index >= 15 is 0 Å². The van der Waals surface area contributed by atoms with Gasteiger partial charge in [0.05, 0.1) is 5.56 Å². The molecule has 27 heavy (non-hydrogen) atoms. The van der Waals surface area contributed by atoms with Gasteiger partial charge in [-0.15, -0.1) is 0 Å². The average Bonchev–Trinajstić information content (AvgIpc) is 3.09. The van der Waals surface area contributed by atoms with Crippen LogP contribution in [0.1, 0.15) is 17.3 Å². The summed E-state index contributed by atoms with van der Waals surface area (Å²) >= 11 is 0. The van der Waals surface area contributed by atoms with Crippen LogP contribution < -0.4 is 19.5 Å². The van der Waals surface area contributed by atoms with Gasteiger partial charge in [0.15, 0.2) is 17.6 Å². The zero-order valence-electron chi connectivity index (χ0n) is 14.1. The maximum atomic E-state index is 12.3. The van der Waals surface area contributed by atoms with Crippen LogP contribution in [0.4, 0.5) is 14.5 Å². The molecule has 2 aromatic carbocycles. The molecule has 0 unspecified atom stereocenters. The van der Waals surface area contributed by atoms with Crippen molar-refractivity contribution in [3.8, 4) is 17.2 Å². The van der Waals surface area contributed by atoms with Gasteiger partial charge in [0.25, 0.3) is 5.91 Å². The summed E-state index contributed by atoms with van der Waals surface area (Å²) in [6.45, 7) is -1.52. The molecule has 1 aliphatic rings. The molecule has 1 aliphatic heterocycles. The summed E-state index contributed by atoms with van der Waals surface area (Å²) in [5, 5.41) is 2.59. The predicted molar refractivity (Wildman–Crippen MR) is 89.1 cm³/mol. The Balaban J connectivity index is 1.60. The van der Waals surface area contributed by atoms with Gasteiger partial charge in [0.2, 0.25) is 6.79 Å². The molecule has 0 saturated carbocycles. The number of nitrogens with one attached hydrogen (secondary N) is 1. The summed E-state index contributed by atoms with van der Waals surface area (Å²) in [6, 6.07) is 9.96. The van der Waals surface area contributed by atoms with Crippen molar-refractivity contribution in [2.45, 2.75) is 19.6 Å². The lowest BCUT2D eigenvalue weighted by Crippen LogP contribution is -2.30. The molecule has 1 heterocycles. The van der Waals surface area contributed by atoms with Gasteiger partial charge in [0.1, 0.15) is 5.75 Å². The largest absolute Gasteiger partial charge is 0.454 e. The Hall–Kier alpha value is -3.36. The highest BCUT2D eigenvalue weighted by atomic mass is 19.3. The molecule has 142 valence electrons. The van der Waals surface area contributed by atoms with Crippen LogP contribution in [0.2, 0.25) is 0 Å². The van der Waals surface area contributed by atoms with Crippen LogP contribution in [0.3, 0.4) is 0 Å². The first-order chi connectivity index (χ1) is 12.9. The number of halogens is 2. The van der Waals surface area contributed by atoms with Crippen LogP contribution in [0.15, 0.2) is 42.5 Å². The van der Waals surface area contributed by atoms with Gasteiger partial charge in [-0.05, 0) is 37.3 Å². The minimum atomic E-state index is -3.01. The van der Waals surface area contributed by atoms with Gasteiger partial charge in [-0.3, -0.25) is 4.79 Å². The lowest BCUT2D eigenvalue weighted by molar-refractivity contribution is -0.123. The SMILES string of the molecule is C[C@H](OC(=O)c1cccc(OC(F)F)c1)C(=O)Nc1ccc2c(c1)OCO2. The standard InChI is InChI=1S/C18H15F2NO6/c1-10(16(22)21-12-5-6-14-15(8-12)25-9-24-14)26-17(23)11-3-2-4-13(7-11)27-18(19)20/h2-8,10,18H,9H2,1H3,(H,21,22)/t10-/m0/s1. The lowest BCUT2D eigenvalue weighted by Gasteiger charge is -2.14. The van der Waals surface area contributed by atoms with Crippen LogP contribution in [-0.2, 0) is 9.53 Å². The summed E-state index contributed by atoms with van der Waals surface area (Å²) in [5.74, 6) is -0.533. The molecule has 1 amide bonds. The zero-order chi connectivity index (χ0) is 19.4. The fourth-order valence-electron chi connectivity index (χ4n) is 2.30. The number of ether oxygens (including phenoxy) is 4. The van der Waals surface area contributed by atoms with E-state index in [2.05, 4.69) is 10.1 Å². The van der Waals surface area contributed by atoms with Crippen LogP contribution in [0, 0.1) is 0 Å². The van der Waals surface area contributed by atoms with E-state index in [1.54, 1.807) is 18.2 Å². The number of fused-ring (bicyclic) bond motifs is 1. The summed E-state index contributed by atoms with van der Waals surface area (Å²) in [5.41, 5.74) is 0.426. The Morgan fingerprint density at radius 3 is 2.67 bits per heavy atom. The van der Waals surface area contributed by atoms with E-state index in [9.17, 15) is 18.4 Å². The molecule has 1 N–H and O–H groups in total. The smallest absolute Gasteiger partial charge is 0.387 e. The first-order valence-electron chi connectivity index (χ1n) is 7.89. The lowest BCUT2D eigenvalue weighted by atomic mass is 10.2. The minimum Gasteiger partial charge on any atom is -0.454 e. The molecule has 9 heteroatoms. The Bertz CT molecular complexity index is 857. The molecule has 0 bridgehead atoms. The molecule has 0 fully saturated rings. The summed E-state index contributed by atoms with van der Waals surface area (Å²) in [4.78, 5) is 24.3. The number of hydrogen-bond donors (Lipinski definition) is 1. The molecule has 0 saturated heterocycles. The molecule has 0 radical (unpaired) electrons. The third-order valence-corrected chi connectivity index (χ3v) is 3.59. The fraction of sp³-hybridized carbons (Fsp3) is 0.222. The first-order valence-corrected chi connectivity index (χ1v) is 7.89. The predicted octanol–water partition coefficient (Wildman–Crippen LogP) is 3.20. The zero-order valence-corrected chi connectivity index (χ0v) is 14.1. The van der Waals surface area contributed by atoms with Crippen molar-refractivity contribution >= 4 is 17.6 Å². The van der Waals surface area contributed by atoms with Crippen molar-refractivity contribution < 1.29 is 37.3 Å².